The van der Waals surface area contributed by atoms with Gasteiger partial charge < -0.3 is 0 Å². The average molecular weight is 511 g/mol. The molecule has 7 atom stereocenters. The summed E-state index contributed by atoms with van der Waals surface area (Å²) in [6, 6.07) is 10.6. The smallest absolute Gasteiger partial charge is 0.0267 e. The Bertz CT molecular complexity index is 721. The molecule has 3 aliphatic rings. The van der Waals surface area contributed by atoms with Crippen molar-refractivity contribution >= 4 is 0 Å². The van der Waals surface area contributed by atoms with Crippen molar-refractivity contribution in [3.63, 3.8) is 0 Å². The Hall–Kier alpha value is -0.780. The Balaban J connectivity index is 0.000000369. The van der Waals surface area contributed by atoms with Crippen LogP contribution in [0, 0.1) is 40.4 Å². The zero-order chi connectivity index (χ0) is 26.0. The third kappa shape index (κ3) is 8.11. The van der Waals surface area contributed by atoms with E-state index in [9.17, 15) is 0 Å². The van der Waals surface area contributed by atoms with Gasteiger partial charge in [-0.25, -0.2) is 0 Å². The molecule has 0 N–H and O–H groups in total. The SMILES string of the molecule is C.CCCCC1CCC(C2C[C@H](CC)C3CCCCC3(C)C2)C1(C)CCC.CCCCc1ccccc1. The lowest BCUT2D eigenvalue weighted by atomic mass is 9.50. The minimum Gasteiger partial charge on any atom is -0.0776 e. The summed E-state index contributed by atoms with van der Waals surface area (Å²) in [5.74, 6) is 5.15. The first kappa shape index (κ1) is 32.4. The molecule has 6 unspecified atom stereocenters. The van der Waals surface area contributed by atoms with Crippen molar-refractivity contribution in [3.8, 4) is 0 Å². The van der Waals surface area contributed by atoms with Crippen molar-refractivity contribution in [2.75, 3.05) is 0 Å². The fourth-order valence-corrected chi connectivity index (χ4v) is 9.47. The van der Waals surface area contributed by atoms with E-state index >= 15 is 0 Å². The van der Waals surface area contributed by atoms with Gasteiger partial charge in [0.05, 0.1) is 0 Å². The van der Waals surface area contributed by atoms with Crippen LogP contribution < -0.4 is 0 Å². The Kier molecular flexibility index (Phi) is 13.8. The third-order valence-electron chi connectivity index (χ3n) is 11.4. The lowest BCUT2D eigenvalue weighted by Gasteiger charge is -2.55. The van der Waals surface area contributed by atoms with Crippen LogP contribution in [0.25, 0.3) is 0 Å². The minimum absolute atomic E-state index is 0. The van der Waals surface area contributed by atoms with Crippen molar-refractivity contribution in [2.24, 2.45) is 40.4 Å². The molecule has 0 heterocycles. The van der Waals surface area contributed by atoms with E-state index in [4.69, 9.17) is 0 Å². The van der Waals surface area contributed by atoms with Crippen molar-refractivity contribution in [1.29, 1.82) is 0 Å². The first-order valence-electron chi connectivity index (χ1n) is 16.5. The number of rotatable bonds is 10. The van der Waals surface area contributed by atoms with E-state index < -0.39 is 0 Å². The van der Waals surface area contributed by atoms with Gasteiger partial charge in [-0.05, 0) is 110 Å². The molecule has 4 rings (SSSR count). The summed E-state index contributed by atoms with van der Waals surface area (Å²) < 4.78 is 0. The number of hydrogen-bond acceptors (Lipinski definition) is 0. The molecule has 0 spiro atoms. The maximum Gasteiger partial charge on any atom is -0.0267 e. The highest BCUT2D eigenvalue weighted by Crippen LogP contribution is 2.62. The Labute approximate surface area is 234 Å². The molecule has 0 radical (unpaired) electrons. The molecule has 0 bridgehead atoms. The zero-order valence-corrected chi connectivity index (χ0v) is 25.3. The highest BCUT2D eigenvalue weighted by molar-refractivity contribution is 5.14. The predicted octanol–water partition coefficient (Wildman–Crippen LogP) is 12.3. The summed E-state index contributed by atoms with van der Waals surface area (Å²) in [5, 5.41) is 0. The topological polar surface area (TPSA) is 0 Å². The van der Waals surface area contributed by atoms with Crippen LogP contribution in [0.1, 0.15) is 157 Å². The summed E-state index contributed by atoms with van der Waals surface area (Å²) in [6.45, 7) is 15.0. The van der Waals surface area contributed by atoms with E-state index in [2.05, 4.69) is 71.9 Å². The molecule has 1 aromatic carbocycles. The summed E-state index contributed by atoms with van der Waals surface area (Å²) >= 11 is 0. The molecule has 37 heavy (non-hydrogen) atoms. The maximum atomic E-state index is 2.73. The van der Waals surface area contributed by atoms with E-state index in [1.54, 1.807) is 19.3 Å². The summed E-state index contributed by atoms with van der Waals surface area (Å²) in [4.78, 5) is 0. The lowest BCUT2D eigenvalue weighted by Crippen LogP contribution is -2.46. The van der Waals surface area contributed by atoms with Crippen LogP contribution in [0.2, 0.25) is 0 Å². The Morgan fingerprint density at radius 1 is 0.811 bits per heavy atom. The molecule has 0 aliphatic heterocycles. The van der Waals surface area contributed by atoms with Gasteiger partial charge in [-0.2, -0.15) is 0 Å². The normalized spacial score (nSPS) is 35.1. The highest BCUT2D eigenvalue weighted by Gasteiger charge is 2.53. The molecule has 1 aromatic rings. The fraction of sp³-hybridized carbons (Fsp3) is 0.838. The van der Waals surface area contributed by atoms with Gasteiger partial charge in [0.2, 0.25) is 0 Å². The molecule has 3 fully saturated rings. The Morgan fingerprint density at radius 3 is 2.19 bits per heavy atom. The summed E-state index contributed by atoms with van der Waals surface area (Å²) in [6.07, 6.45) is 24.8. The molecule has 0 heteroatoms. The molecule has 3 aliphatic carbocycles. The molecule has 0 amide bonds. The van der Waals surface area contributed by atoms with E-state index in [1.807, 2.05) is 0 Å². The van der Waals surface area contributed by atoms with Crippen LogP contribution in [0.5, 0.6) is 0 Å². The molecule has 0 aromatic heterocycles. The van der Waals surface area contributed by atoms with E-state index in [1.165, 1.54) is 95.5 Å². The largest absolute Gasteiger partial charge is 0.0776 e. The monoisotopic (exact) mass is 511 g/mol. The summed E-state index contributed by atoms with van der Waals surface area (Å²) in [5.41, 5.74) is 2.78. The van der Waals surface area contributed by atoms with E-state index in [0.717, 1.165) is 29.6 Å². The Morgan fingerprint density at radius 2 is 1.54 bits per heavy atom. The molecule has 3 saturated carbocycles. The number of hydrogen-bond donors (Lipinski definition) is 0. The van der Waals surface area contributed by atoms with E-state index in [-0.39, 0.29) is 7.43 Å². The van der Waals surface area contributed by atoms with Gasteiger partial charge in [-0.15, -0.1) is 0 Å². The van der Waals surface area contributed by atoms with Crippen LogP contribution in [-0.2, 0) is 6.42 Å². The third-order valence-corrected chi connectivity index (χ3v) is 11.4. The van der Waals surface area contributed by atoms with Crippen LogP contribution in [-0.4, -0.2) is 0 Å². The number of aryl methyl sites for hydroxylation is 1. The average Bonchev–Trinajstić information content (AvgIpc) is 3.21. The maximum absolute atomic E-state index is 2.73. The van der Waals surface area contributed by atoms with Crippen LogP contribution in [0.15, 0.2) is 30.3 Å². The van der Waals surface area contributed by atoms with Gasteiger partial charge in [0.25, 0.3) is 0 Å². The molecule has 214 valence electrons. The quantitative estimate of drug-likeness (QED) is 0.293. The second-order valence-electron chi connectivity index (χ2n) is 13.7. The van der Waals surface area contributed by atoms with Crippen molar-refractivity contribution in [2.45, 2.75) is 158 Å². The predicted molar refractivity (Wildman–Crippen MR) is 167 cm³/mol. The summed E-state index contributed by atoms with van der Waals surface area (Å²) in [7, 11) is 0. The van der Waals surface area contributed by atoms with Crippen LogP contribution >= 0.6 is 0 Å². The standard InChI is InChI=1S/C26H48.C10H14.CH4/c1-6-9-12-22-14-15-24(26(22,5)16-7-2)21-18-20(8-3)23-13-10-11-17-25(23,4)19-21;1-2-3-7-10-8-5-4-6-9-10;/h20-24H,6-19H2,1-5H3;4-6,8-9H,2-3,7H2,1H3;1H4/t20-,21?,22?,23?,24?,25?,26?;;/m0../s1. The van der Waals surface area contributed by atoms with Gasteiger partial charge in [-0.1, -0.05) is 124 Å². The lowest BCUT2D eigenvalue weighted by molar-refractivity contribution is -0.0514. The highest BCUT2D eigenvalue weighted by atomic mass is 14.6. The second kappa shape index (κ2) is 15.7. The number of unbranched alkanes of at least 4 members (excludes halogenated alkanes) is 2. The second-order valence-corrected chi connectivity index (χ2v) is 13.7. The molecular weight excluding hydrogens is 444 g/mol. The van der Waals surface area contributed by atoms with Crippen molar-refractivity contribution in [3.05, 3.63) is 35.9 Å². The minimum atomic E-state index is 0. The number of fused-ring (bicyclic) bond motifs is 1. The van der Waals surface area contributed by atoms with Crippen molar-refractivity contribution in [1.82, 2.24) is 0 Å². The van der Waals surface area contributed by atoms with E-state index in [0.29, 0.717) is 10.8 Å². The fourth-order valence-electron chi connectivity index (χ4n) is 9.47. The van der Waals surface area contributed by atoms with Crippen LogP contribution in [0.4, 0.5) is 0 Å². The van der Waals surface area contributed by atoms with Gasteiger partial charge in [-0.3, -0.25) is 0 Å². The molecule has 0 saturated heterocycles. The van der Waals surface area contributed by atoms with Gasteiger partial charge in [0.15, 0.2) is 0 Å². The first-order chi connectivity index (χ1) is 17.4. The first-order valence-corrected chi connectivity index (χ1v) is 16.5. The number of benzene rings is 1. The van der Waals surface area contributed by atoms with Gasteiger partial charge in [0, 0.05) is 0 Å². The van der Waals surface area contributed by atoms with Gasteiger partial charge >= 0.3 is 0 Å². The van der Waals surface area contributed by atoms with Crippen LogP contribution in [0.3, 0.4) is 0 Å². The zero-order valence-electron chi connectivity index (χ0n) is 25.3. The molecule has 0 nitrogen and oxygen atoms in total. The van der Waals surface area contributed by atoms with Gasteiger partial charge in [0.1, 0.15) is 0 Å². The molecular formula is C37H66. The van der Waals surface area contributed by atoms with Crippen molar-refractivity contribution < 1.29 is 0 Å².